The fourth-order valence-corrected chi connectivity index (χ4v) is 4.39. The van der Waals surface area contributed by atoms with E-state index < -0.39 is 11.6 Å². The summed E-state index contributed by atoms with van der Waals surface area (Å²) in [5.41, 5.74) is 1.14. The quantitative estimate of drug-likeness (QED) is 0.569. The van der Waals surface area contributed by atoms with Crippen LogP contribution in [0.4, 0.5) is 14.5 Å². The lowest BCUT2D eigenvalue weighted by Gasteiger charge is -2.21. The first-order valence-electron chi connectivity index (χ1n) is 9.64. The van der Waals surface area contributed by atoms with Gasteiger partial charge in [-0.25, -0.2) is 13.8 Å². The predicted molar refractivity (Wildman–Crippen MR) is 111 cm³/mol. The van der Waals surface area contributed by atoms with Gasteiger partial charge >= 0.3 is 0 Å². The van der Waals surface area contributed by atoms with Crippen LogP contribution in [0.1, 0.15) is 28.9 Å². The van der Waals surface area contributed by atoms with E-state index in [2.05, 4.69) is 20.6 Å². The van der Waals surface area contributed by atoms with E-state index in [4.69, 9.17) is 0 Å². The molecule has 2 aromatic rings. The van der Waals surface area contributed by atoms with E-state index in [-0.39, 0.29) is 11.7 Å². The molecule has 8 heteroatoms. The molecular weight excluding hydrogens is 380 g/mol. The third kappa shape index (κ3) is 4.98. The number of halogens is 2. The molecule has 1 aromatic heterocycles. The molecule has 28 heavy (non-hydrogen) atoms. The predicted octanol–water partition coefficient (Wildman–Crippen LogP) is 3.41. The Balaban J connectivity index is 1.59. The number of aliphatic imine (C=N–C) groups is 1. The van der Waals surface area contributed by atoms with Crippen molar-refractivity contribution in [2.24, 2.45) is 4.99 Å². The molecular formula is C20H27F2N5S. The van der Waals surface area contributed by atoms with Crippen LogP contribution in [-0.2, 0) is 6.42 Å². The smallest absolute Gasteiger partial charge is 0.191 e. The first-order valence-corrected chi connectivity index (χ1v) is 10.5. The van der Waals surface area contributed by atoms with Crippen molar-refractivity contribution in [2.75, 3.05) is 31.1 Å². The monoisotopic (exact) mass is 407 g/mol. The molecule has 5 nitrogen and oxygen atoms in total. The van der Waals surface area contributed by atoms with E-state index >= 15 is 0 Å². The fraction of sp³-hybridized carbons (Fsp3) is 0.500. The Morgan fingerprint density at radius 2 is 2.07 bits per heavy atom. The number of benzene rings is 1. The zero-order valence-corrected chi connectivity index (χ0v) is 17.4. The van der Waals surface area contributed by atoms with Crippen molar-refractivity contribution in [3.05, 3.63) is 45.4 Å². The summed E-state index contributed by atoms with van der Waals surface area (Å²) in [6.07, 6.45) is 1.65. The normalized spacial score (nSPS) is 17.2. The number of anilines is 1. The highest BCUT2D eigenvalue weighted by atomic mass is 32.1. The Bertz CT molecular complexity index is 816. The Hall–Kier alpha value is -2.22. The van der Waals surface area contributed by atoms with Crippen LogP contribution in [0.5, 0.6) is 0 Å². The summed E-state index contributed by atoms with van der Waals surface area (Å²) in [4.78, 5) is 12.1. The SMILES string of the molecule is CCNC(=NCCc1sc(C)nc1C)NC1CCN(c2c(F)cccc2F)C1. The van der Waals surface area contributed by atoms with E-state index in [9.17, 15) is 8.78 Å². The average Bonchev–Trinajstić information content (AvgIpc) is 3.21. The topological polar surface area (TPSA) is 52.6 Å². The van der Waals surface area contributed by atoms with Gasteiger partial charge in [-0.05, 0) is 39.3 Å². The number of nitrogens with zero attached hydrogens (tertiary/aromatic N) is 3. The molecule has 1 fully saturated rings. The summed E-state index contributed by atoms with van der Waals surface area (Å²) < 4.78 is 28.1. The van der Waals surface area contributed by atoms with Gasteiger partial charge in [0.25, 0.3) is 0 Å². The zero-order chi connectivity index (χ0) is 20.1. The van der Waals surface area contributed by atoms with E-state index in [0.29, 0.717) is 19.6 Å². The lowest BCUT2D eigenvalue weighted by atomic mass is 10.2. The fourth-order valence-electron chi connectivity index (χ4n) is 3.46. The van der Waals surface area contributed by atoms with Crippen molar-refractivity contribution >= 4 is 23.0 Å². The molecule has 2 heterocycles. The minimum Gasteiger partial charge on any atom is -0.365 e. The first kappa shape index (κ1) is 20.5. The van der Waals surface area contributed by atoms with Gasteiger partial charge in [0.05, 0.1) is 10.7 Å². The molecule has 3 rings (SSSR count). The second-order valence-electron chi connectivity index (χ2n) is 6.90. The van der Waals surface area contributed by atoms with Crippen LogP contribution in [0, 0.1) is 25.5 Å². The molecule has 1 saturated heterocycles. The van der Waals surface area contributed by atoms with Gasteiger partial charge in [-0.15, -0.1) is 11.3 Å². The Kier molecular flexibility index (Phi) is 6.83. The van der Waals surface area contributed by atoms with Crippen molar-refractivity contribution in [1.82, 2.24) is 15.6 Å². The Labute approximate surface area is 168 Å². The highest BCUT2D eigenvalue weighted by molar-refractivity contribution is 7.11. The van der Waals surface area contributed by atoms with Crippen molar-refractivity contribution < 1.29 is 8.78 Å². The summed E-state index contributed by atoms with van der Waals surface area (Å²) in [5.74, 6) is -0.296. The standard InChI is InChI=1S/C20H27F2N5S/c1-4-23-20(24-10-8-18-13(2)25-14(3)28-18)26-15-9-11-27(12-15)19-16(21)6-5-7-17(19)22/h5-7,15H,4,8-12H2,1-3H3,(H2,23,24,26). The molecule has 0 amide bonds. The molecule has 1 unspecified atom stereocenters. The van der Waals surface area contributed by atoms with Crippen molar-refractivity contribution in [1.29, 1.82) is 0 Å². The second-order valence-corrected chi connectivity index (χ2v) is 8.19. The van der Waals surface area contributed by atoms with Crippen LogP contribution in [0.15, 0.2) is 23.2 Å². The van der Waals surface area contributed by atoms with Crippen molar-refractivity contribution in [3.63, 3.8) is 0 Å². The number of nitrogens with one attached hydrogen (secondary N) is 2. The molecule has 1 aliphatic heterocycles. The van der Waals surface area contributed by atoms with Crippen LogP contribution in [0.2, 0.25) is 0 Å². The molecule has 0 spiro atoms. The summed E-state index contributed by atoms with van der Waals surface area (Å²) in [6.45, 7) is 8.62. The maximum atomic E-state index is 14.0. The molecule has 0 saturated carbocycles. The lowest BCUT2D eigenvalue weighted by molar-refractivity contribution is 0.576. The summed E-state index contributed by atoms with van der Waals surface area (Å²) >= 11 is 1.71. The number of thiazole rings is 1. The maximum Gasteiger partial charge on any atom is 0.191 e. The molecule has 2 N–H and O–H groups in total. The third-order valence-corrected chi connectivity index (χ3v) is 5.87. The average molecular weight is 408 g/mol. The van der Waals surface area contributed by atoms with Crippen LogP contribution in [0.3, 0.4) is 0 Å². The number of hydrogen-bond acceptors (Lipinski definition) is 4. The largest absolute Gasteiger partial charge is 0.365 e. The Morgan fingerprint density at radius 3 is 2.71 bits per heavy atom. The summed E-state index contributed by atoms with van der Waals surface area (Å²) in [6, 6.07) is 4.08. The van der Waals surface area contributed by atoms with Gasteiger partial charge in [0, 0.05) is 43.5 Å². The van der Waals surface area contributed by atoms with E-state index in [1.54, 1.807) is 16.2 Å². The van der Waals surface area contributed by atoms with Gasteiger partial charge in [0.2, 0.25) is 0 Å². The number of guanidine groups is 1. The highest BCUT2D eigenvalue weighted by Crippen LogP contribution is 2.26. The highest BCUT2D eigenvalue weighted by Gasteiger charge is 2.27. The Morgan fingerprint density at radius 1 is 1.32 bits per heavy atom. The van der Waals surface area contributed by atoms with E-state index in [1.807, 2.05) is 20.8 Å². The summed E-state index contributed by atoms with van der Waals surface area (Å²) in [7, 11) is 0. The maximum absolute atomic E-state index is 14.0. The number of hydrogen-bond donors (Lipinski definition) is 2. The van der Waals surface area contributed by atoms with Crippen molar-refractivity contribution in [3.8, 4) is 0 Å². The van der Waals surface area contributed by atoms with Crippen LogP contribution < -0.4 is 15.5 Å². The van der Waals surface area contributed by atoms with Crippen LogP contribution >= 0.6 is 11.3 Å². The number of rotatable bonds is 6. The number of aryl methyl sites for hydroxylation is 2. The number of aromatic nitrogens is 1. The van der Waals surface area contributed by atoms with Gasteiger partial charge in [0.1, 0.15) is 17.3 Å². The van der Waals surface area contributed by atoms with Crippen LogP contribution in [-0.4, -0.2) is 43.2 Å². The van der Waals surface area contributed by atoms with Gasteiger partial charge in [-0.3, -0.25) is 4.99 Å². The molecule has 0 aliphatic carbocycles. The lowest BCUT2D eigenvalue weighted by Crippen LogP contribution is -2.44. The summed E-state index contributed by atoms with van der Waals surface area (Å²) in [5, 5.41) is 7.73. The van der Waals surface area contributed by atoms with Gasteiger partial charge in [-0.2, -0.15) is 0 Å². The van der Waals surface area contributed by atoms with Gasteiger partial charge in [0.15, 0.2) is 5.96 Å². The molecule has 1 aliphatic rings. The number of para-hydroxylation sites is 1. The molecule has 152 valence electrons. The van der Waals surface area contributed by atoms with E-state index in [1.165, 1.54) is 23.1 Å². The van der Waals surface area contributed by atoms with Crippen molar-refractivity contribution in [2.45, 2.75) is 39.7 Å². The molecule has 0 bridgehead atoms. The first-order chi connectivity index (χ1) is 13.5. The minimum absolute atomic E-state index is 0.0600. The minimum atomic E-state index is -0.517. The zero-order valence-electron chi connectivity index (χ0n) is 16.6. The molecule has 1 aromatic carbocycles. The van der Waals surface area contributed by atoms with E-state index in [0.717, 1.165) is 36.0 Å². The molecule has 1 atom stereocenters. The van der Waals surface area contributed by atoms with Gasteiger partial charge < -0.3 is 15.5 Å². The molecule has 0 radical (unpaired) electrons. The van der Waals surface area contributed by atoms with Gasteiger partial charge in [-0.1, -0.05) is 6.07 Å². The van der Waals surface area contributed by atoms with Crippen LogP contribution in [0.25, 0.3) is 0 Å². The second kappa shape index (κ2) is 9.32. The third-order valence-electron chi connectivity index (χ3n) is 4.74.